The number of methoxy groups -OCH3 is 1. The average molecular weight is 385 g/mol. The van der Waals surface area contributed by atoms with E-state index in [1.807, 2.05) is 62.4 Å². The molecule has 146 valence electrons. The molecule has 1 atom stereocenters. The molecule has 29 heavy (non-hydrogen) atoms. The van der Waals surface area contributed by atoms with Crippen molar-refractivity contribution in [3.63, 3.8) is 0 Å². The number of phenols is 1. The number of hydrogen-bond acceptors (Lipinski definition) is 5. The molecule has 2 aromatic carbocycles. The highest BCUT2D eigenvalue weighted by Gasteiger charge is 2.21. The zero-order valence-corrected chi connectivity index (χ0v) is 16.7. The highest BCUT2D eigenvalue weighted by atomic mass is 16.5. The highest BCUT2D eigenvalue weighted by Crippen LogP contribution is 2.37. The van der Waals surface area contributed by atoms with Gasteiger partial charge in [-0.2, -0.15) is 0 Å². The Kier molecular flexibility index (Phi) is 5.04. The van der Waals surface area contributed by atoms with Crippen LogP contribution >= 0.6 is 0 Å². The Morgan fingerprint density at radius 2 is 1.83 bits per heavy atom. The number of aromatic nitrogens is 2. The topological polar surface area (TPSA) is 67.3 Å². The van der Waals surface area contributed by atoms with Gasteiger partial charge < -0.3 is 15.2 Å². The van der Waals surface area contributed by atoms with Crippen LogP contribution in [0.3, 0.4) is 0 Å². The summed E-state index contributed by atoms with van der Waals surface area (Å²) in [7, 11) is 1.66. The first-order chi connectivity index (χ1) is 14.1. The fourth-order valence-electron chi connectivity index (χ4n) is 3.56. The highest BCUT2D eigenvalue weighted by molar-refractivity contribution is 5.86. The summed E-state index contributed by atoms with van der Waals surface area (Å²) in [6.07, 6.45) is 3.46. The molecule has 1 unspecified atom stereocenters. The number of phenolic OH excluding ortho intramolecular Hbond substituents is 1. The van der Waals surface area contributed by atoms with Crippen molar-refractivity contribution in [3.05, 3.63) is 89.2 Å². The fourth-order valence-corrected chi connectivity index (χ4v) is 3.56. The number of nitrogens with one attached hydrogen (secondary N) is 1. The monoisotopic (exact) mass is 385 g/mol. The van der Waals surface area contributed by atoms with Crippen LogP contribution < -0.4 is 10.1 Å². The van der Waals surface area contributed by atoms with E-state index >= 15 is 0 Å². The van der Waals surface area contributed by atoms with Crippen LogP contribution in [0.1, 0.15) is 28.3 Å². The van der Waals surface area contributed by atoms with Crippen molar-refractivity contribution < 1.29 is 9.84 Å². The van der Waals surface area contributed by atoms with Crippen LogP contribution in [0.15, 0.2) is 67.0 Å². The number of benzene rings is 2. The third-order valence-electron chi connectivity index (χ3n) is 5.05. The molecule has 0 amide bonds. The SMILES string of the molecule is COc1ccc(C(Nc2cc(C)ccn2)c2ccc3cccnc3c2O)cc1C. The summed E-state index contributed by atoms with van der Waals surface area (Å²) in [5.41, 5.74) is 4.45. The van der Waals surface area contributed by atoms with Gasteiger partial charge in [-0.25, -0.2) is 4.98 Å². The Labute approximate surface area is 170 Å². The zero-order valence-electron chi connectivity index (χ0n) is 16.7. The van der Waals surface area contributed by atoms with E-state index in [1.165, 1.54) is 0 Å². The van der Waals surface area contributed by atoms with Gasteiger partial charge in [-0.05, 0) is 60.9 Å². The smallest absolute Gasteiger partial charge is 0.147 e. The minimum atomic E-state index is -0.305. The molecule has 0 saturated heterocycles. The predicted molar refractivity (Wildman–Crippen MR) is 116 cm³/mol. The van der Waals surface area contributed by atoms with E-state index in [-0.39, 0.29) is 11.8 Å². The van der Waals surface area contributed by atoms with Crippen molar-refractivity contribution >= 4 is 16.7 Å². The quantitative estimate of drug-likeness (QED) is 0.496. The molecule has 0 aliphatic carbocycles. The van der Waals surface area contributed by atoms with E-state index in [0.29, 0.717) is 5.52 Å². The van der Waals surface area contributed by atoms with Crippen LogP contribution in [0, 0.1) is 13.8 Å². The van der Waals surface area contributed by atoms with Gasteiger partial charge in [0, 0.05) is 23.3 Å². The van der Waals surface area contributed by atoms with Crippen LogP contribution in [0.2, 0.25) is 0 Å². The molecular formula is C24H23N3O2. The molecule has 5 nitrogen and oxygen atoms in total. The molecule has 0 saturated carbocycles. The van der Waals surface area contributed by atoms with Crippen molar-refractivity contribution in [2.75, 3.05) is 12.4 Å². The maximum atomic E-state index is 11.0. The number of anilines is 1. The van der Waals surface area contributed by atoms with Gasteiger partial charge in [0.25, 0.3) is 0 Å². The van der Waals surface area contributed by atoms with Gasteiger partial charge in [-0.1, -0.05) is 24.3 Å². The molecule has 2 heterocycles. The average Bonchev–Trinajstić information content (AvgIpc) is 2.73. The second-order valence-corrected chi connectivity index (χ2v) is 7.10. The molecule has 0 bridgehead atoms. The maximum absolute atomic E-state index is 11.0. The molecule has 2 N–H and O–H groups in total. The first-order valence-electron chi connectivity index (χ1n) is 9.47. The lowest BCUT2D eigenvalue weighted by molar-refractivity contribution is 0.411. The maximum Gasteiger partial charge on any atom is 0.147 e. The lowest BCUT2D eigenvalue weighted by atomic mass is 9.95. The van der Waals surface area contributed by atoms with Crippen LogP contribution in [0.5, 0.6) is 11.5 Å². The summed E-state index contributed by atoms with van der Waals surface area (Å²) >= 11 is 0. The van der Waals surface area contributed by atoms with Gasteiger partial charge in [0.15, 0.2) is 0 Å². The number of ether oxygens (including phenoxy) is 1. The number of aromatic hydroxyl groups is 1. The molecule has 4 aromatic rings. The van der Waals surface area contributed by atoms with Gasteiger partial charge in [0.2, 0.25) is 0 Å². The second kappa shape index (κ2) is 7.80. The largest absolute Gasteiger partial charge is 0.505 e. The standard InChI is InChI=1S/C24H23N3O2/c1-15-10-12-25-21(13-15)27-22(18-7-9-20(29-3)16(2)14-18)19-8-6-17-5-4-11-26-23(17)24(19)28/h4-14,22,28H,1-3H3,(H,25,27). The van der Waals surface area contributed by atoms with Crippen LogP contribution in [0.25, 0.3) is 10.9 Å². The molecule has 4 rings (SSSR count). The van der Waals surface area contributed by atoms with E-state index in [2.05, 4.69) is 21.4 Å². The number of rotatable bonds is 5. The van der Waals surface area contributed by atoms with E-state index in [0.717, 1.165) is 39.2 Å². The van der Waals surface area contributed by atoms with Gasteiger partial charge in [0.05, 0.1) is 13.2 Å². The molecular weight excluding hydrogens is 362 g/mol. The van der Waals surface area contributed by atoms with Crippen LogP contribution in [-0.4, -0.2) is 22.2 Å². The summed E-state index contributed by atoms with van der Waals surface area (Å²) in [5.74, 6) is 1.73. The second-order valence-electron chi connectivity index (χ2n) is 7.10. The number of nitrogens with zero attached hydrogens (tertiary/aromatic N) is 2. The van der Waals surface area contributed by atoms with Crippen molar-refractivity contribution in [3.8, 4) is 11.5 Å². The van der Waals surface area contributed by atoms with Crippen LogP contribution in [0.4, 0.5) is 5.82 Å². The van der Waals surface area contributed by atoms with Crippen molar-refractivity contribution in [1.82, 2.24) is 9.97 Å². The first kappa shape index (κ1) is 18.7. The molecule has 0 spiro atoms. The summed E-state index contributed by atoms with van der Waals surface area (Å²) in [6.45, 7) is 4.03. The Morgan fingerprint density at radius 1 is 0.966 bits per heavy atom. The van der Waals surface area contributed by atoms with E-state index in [9.17, 15) is 5.11 Å². The minimum Gasteiger partial charge on any atom is -0.505 e. The Bertz CT molecular complexity index is 1170. The summed E-state index contributed by atoms with van der Waals surface area (Å²) < 4.78 is 5.41. The Morgan fingerprint density at radius 3 is 2.59 bits per heavy atom. The molecule has 0 aliphatic rings. The first-order valence-corrected chi connectivity index (χ1v) is 9.47. The third-order valence-corrected chi connectivity index (χ3v) is 5.05. The van der Waals surface area contributed by atoms with E-state index in [4.69, 9.17) is 4.74 Å². The fraction of sp³-hybridized carbons (Fsp3) is 0.167. The molecule has 2 aromatic heterocycles. The summed E-state index contributed by atoms with van der Waals surface area (Å²) in [6, 6.07) is 17.4. The normalized spacial score (nSPS) is 12.0. The Balaban J connectivity index is 1.86. The Hall–Kier alpha value is -3.60. The predicted octanol–water partition coefficient (Wildman–Crippen LogP) is 5.16. The van der Waals surface area contributed by atoms with E-state index in [1.54, 1.807) is 19.5 Å². The van der Waals surface area contributed by atoms with E-state index < -0.39 is 0 Å². The summed E-state index contributed by atoms with van der Waals surface area (Å²) in [5, 5.41) is 15.4. The number of aryl methyl sites for hydroxylation is 2. The van der Waals surface area contributed by atoms with Gasteiger partial charge in [-0.15, -0.1) is 0 Å². The zero-order chi connectivity index (χ0) is 20.4. The van der Waals surface area contributed by atoms with Crippen molar-refractivity contribution in [2.45, 2.75) is 19.9 Å². The minimum absolute atomic E-state index is 0.168. The molecule has 0 radical (unpaired) electrons. The van der Waals surface area contributed by atoms with Crippen LogP contribution in [-0.2, 0) is 0 Å². The summed E-state index contributed by atoms with van der Waals surface area (Å²) in [4.78, 5) is 8.82. The lowest BCUT2D eigenvalue weighted by Gasteiger charge is -2.23. The number of pyridine rings is 2. The third kappa shape index (κ3) is 3.72. The van der Waals surface area contributed by atoms with Gasteiger partial charge in [0.1, 0.15) is 22.8 Å². The van der Waals surface area contributed by atoms with Crippen molar-refractivity contribution in [2.24, 2.45) is 0 Å². The van der Waals surface area contributed by atoms with Gasteiger partial charge >= 0.3 is 0 Å². The van der Waals surface area contributed by atoms with Crippen molar-refractivity contribution in [1.29, 1.82) is 0 Å². The number of fused-ring (bicyclic) bond motifs is 1. The number of hydrogen-bond donors (Lipinski definition) is 2. The molecule has 0 fully saturated rings. The lowest BCUT2D eigenvalue weighted by Crippen LogP contribution is -2.14. The van der Waals surface area contributed by atoms with Gasteiger partial charge in [-0.3, -0.25) is 4.98 Å². The molecule has 0 aliphatic heterocycles. The molecule has 5 heteroatoms.